The van der Waals surface area contributed by atoms with E-state index in [2.05, 4.69) is 0 Å². The number of ether oxygens (including phenoxy) is 2. The molecule has 24 heavy (non-hydrogen) atoms. The molecule has 0 aliphatic carbocycles. The lowest BCUT2D eigenvalue weighted by molar-refractivity contribution is -0.128. The first kappa shape index (κ1) is 17.5. The minimum Gasteiger partial charge on any atom is -0.462 e. The number of unbranched alkanes of at least 4 members (excludes halogenated alkanes) is 1. The molecule has 0 atom stereocenters. The van der Waals surface area contributed by atoms with Gasteiger partial charge in [-0.2, -0.15) is 0 Å². The smallest absolute Gasteiger partial charge is 0.338 e. The normalized spacial score (nSPS) is 10.5. The van der Waals surface area contributed by atoms with Gasteiger partial charge in [0.25, 0.3) is 0 Å². The van der Waals surface area contributed by atoms with Crippen molar-refractivity contribution in [2.24, 2.45) is 0 Å². The van der Waals surface area contributed by atoms with Crippen molar-refractivity contribution in [3.63, 3.8) is 0 Å². The summed E-state index contributed by atoms with van der Waals surface area (Å²) >= 11 is 0. The molecule has 2 aromatic carbocycles. The summed E-state index contributed by atoms with van der Waals surface area (Å²) in [5.74, 6) is -0.467. The number of carbonyl (C=O) groups excluding carboxylic acids is 2. The van der Waals surface area contributed by atoms with E-state index in [1.54, 1.807) is 30.3 Å². The van der Waals surface area contributed by atoms with Crippen molar-refractivity contribution in [1.82, 2.24) is 0 Å². The molecule has 0 heterocycles. The second-order valence-electron chi connectivity index (χ2n) is 5.18. The van der Waals surface area contributed by atoms with Crippen LogP contribution in [-0.4, -0.2) is 18.5 Å². The quantitative estimate of drug-likeness (QED) is 0.330. The summed E-state index contributed by atoms with van der Waals surface area (Å²) in [6.45, 7) is 2.44. The zero-order valence-corrected chi connectivity index (χ0v) is 13.6. The minimum absolute atomic E-state index is 0.370. The number of carbonyl (C=O) groups is 2. The molecule has 0 radical (unpaired) electrons. The van der Waals surface area contributed by atoms with Gasteiger partial charge < -0.3 is 9.47 Å². The van der Waals surface area contributed by atoms with Gasteiger partial charge in [0.1, 0.15) is 5.75 Å². The zero-order valence-electron chi connectivity index (χ0n) is 13.6. The van der Waals surface area contributed by atoms with Crippen molar-refractivity contribution in [3.05, 3.63) is 71.8 Å². The first-order valence-electron chi connectivity index (χ1n) is 7.91. The van der Waals surface area contributed by atoms with Crippen molar-refractivity contribution in [2.75, 3.05) is 6.61 Å². The van der Waals surface area contributed by atoms with E-state index >= 15 is 0 Å². The molecule has 124 valence electrons. The maximum absolute atomic E-state index is 11.8. The van der Waals surface area contributed by atoms with E-state index in [0.717, 1.165) is 18.4 Å². The molecule has 0 spiro atoms. The Kier molecular flexibility index (Phi) is 6.77. The van der Waals surface area contributed by atoms with Gasteiger partial charge >= 0.3 is 11.9 Å². The van der Waals surface area contributed by atoms with Crippen molar-refractivity contribution in [2.45, 2.75) is 19.8 Å². The molecule has 0 N–H and O–H groups in total. The zero-order chi connectivity index (χ0) is 17.2. The van der Waals surface area contributed by atoms with Crippen LogP contribution in [0.25, 0.3) is 6.08 Å². The summed E-state index contributed by atoms with van der Waals surface area (Å²) in [6.07, 6.45) is 4.86. The Labute approximate surface area is 141 Å². The highest BCUT2D eigenvalue weighted by molar-refractivity contribution is 5.90. The first-order chi connectivity index (χ1) is 11.7. The first-order valence-corrected chi connectivity index (χ1v) is 7.91. The molecule has 0 saturated heterocycles. The summed E-state index contributed by atoms with van der Waals surface area (Å²) in [7, 11) is 0. The SMILES string of the molecule is CCCCOC(=O)c1ccc(OC(=O)/C=C/c2ccccc2)cc1. The lowest BCUT2D eigenvalue weighted by Gasteiger charge is -2.05. The van der Waals surface area contributed by atoms with Crippen LogP contribution in [-0.2, 0) is 9.53 Å². The van der Waals surface area contributed by atoms with E-state index in [9.17, 15) is 9.59 Å². The molecule has 0 bridgehead atoms. The maximum atomic E-state index is 11.8. The van der Waals surface area contributed by atoms with Crippen molar-refractivity contribution >= 4 is 18.0 Å². The van der Waals surface area contributed by atoms with Crippen LogP contribution in [0.1, 0.15) is 35.7 Å². The predicted octanol–water partition coefficient (Wildman–Crippen LogP) is 4.26. The molecule has 0 aromatic heterocycles. The molecule has 2 aromatic rings. The van der Waals surface area contributed by atoms with Crippen molar-refractivity contribution in [1.29, 1.82) is 0 Å². The van der Waals surface area contributed by atoms with E-state index < -0.39 is 5.97 Å². The van der Waals surface area contributed by atoms with Crippen LogP contribution in [0.3, 0.4) is 0 Å². The predicted molar refractivity (Wildman–Crippen MR) is 92.7 cm³/mol. The Balaban J connectivity index is 1.88. The van der Waals surface area contributed by atoms with E-state index in [1.807, 2.05) is 37.3 Å². The Morgan fingerprint density at radius 1 is 1.00 bits per heavy atom. The van der Waals surface area contributed by atoms with Crippen LogP contribution in [0, 0.1) is 0 Å². The monoisotopic (exact) mass is 324 g/mol. The molecule has 0 fully saturated rings. The topological polar surface area (TPSA) is 52.6 Å². The van der Waals surface area contributed by atoms with Gasteiger partial charge in [-0.3, -0.25) is 0 Å². The number of rotatable bonds is 7. The van der Waals surface area contributed by atoms with E-state index in [4.69, 9.17) is 9.47 Å². The van der Waals surface area contributed by atoms with Gasteiger partial charge in [-0.1, -0.05) is 43.7 Å². The fourth-order valence-corrected chi connectivity index (χ4v) is 1.93. The molecule has 4 heteroatoms. The Morgan fingerprint density at radius 3 is 2.38 bits per heavy atom. The van der Waals surface area contributed by atoms with Gasteiger partial charge in [0.15, 0.2) is 0 Å². The van der Waals surface area contributed by atoms with Gasteiger partial charge in [-0.25, -0.2) is 9.59 Å². The fourth-order valence-electron chi connectivity index (χ4n) is 1.93. The highest BCUT2D eigenvalue weighted by atomic mass is 16.5. The average Bonchev–Trinajstić information content (AvgIpc) is 2.61. The number of hydrogen-bond donors (Lipinski definition) is 0. The lowest BCUT2D eigenvalue weighted by atomic mass is 10.2. The Hall–Kier alpha value is -2.88. The lowest BCUT2D eigenvalue weighted by Crippen LogP contribution is -2.07. The number of hydrogen-bond acceptors (Lipinski definition) is 4. The third-order valence-electron chi connectivity index (χ3n) is 3.25. The second kappa shape index (κ2) is 9.30. The fraction of sp³-hybridized carbons (Fsp3) is 0.200. The minimum atomic E-state index is -0.475. The highest BCUT2D eigenvalue weighted by Crippen LogP contribution is 2.14. The van der Waals surface area contributed by atoms with Gasteiger partial charge in [0.05, 0.1) is 12.2 Å². The summed E-state index contributed by atoms with van der Waals surface area (Å²) in [4.78, 5) is 23.5. The molecule has 0 saturated carbocycles. The van der Waals surface area contributed by atoms with Crippen LogP contribution in [0.15, 0.2) is 60.7 Å². The van der Waals surface area contributed by atoms with Crippen LogP contribution in [0.5, 0.6) is 5.75 Å². The molecule has 0 amide bonds. The number of esters is 2. The molecule has 0 unspecified atom stereocenters. The van der Waals surface area contributed by atoms with Gasteiger partial charge in [0.2, 0.25) is 0 Å². The standard InChI is InChI=1S/C20H20O4/c1-2-3-15-23-20(22)17-10-12-18(13-11-17)24-19(21)14-9-16-7-5-4-6-8-16/h4-14H,2-3,15H2,1H3/b14-9+. The van der Waals surface area contributed by atoms with E-state index in [1.165, 1.54) is 6.08 Å². The van der Waals surface area contributed by atoms with Crippen LogP contribution in [0.2, 0.25) is 0 Å². The third kappa shape index (κ3) is 5.72. The van der Waals surface area contributed by atoms with Crippen LogP contribution < -0.4 is 4.74 Å². The summed E-state index contributed by atoms with van der Waals surface area (Å²) < 4.78 is 10.3. The molecule has 0 aliphatic heterocycles. The molecular weight excluding hydrogens is 304 g/mol. The second-order valence-corrected chi connectivity index (χ2v) is 5.18. The van der Waals surface area contributed by atoms with Gasteiger partial charge in [-0.05, 0) is 42.3 Å². The Bertz CT molecular complexity index is 687. The van der Waals surface area contributed by atoms with Crippen molar-refractivity contribution in [3.8, 4) is 5.75 Å². The summed E-state index contributed by atoms with van der Waals surface area (Å²) in [5, 5.41) is 0. The number of benzene rings is 2. The summed E-state index contributed by atoms with van der Waals surface area (Å²) in [5.41, 5.74) is 1.35. The summed E-state index contributed by atoms with van der Waals surface area (Å²) in [6, 6.07) is 15.8. The van der Waals surface area contributed by atoms with E-state index in [0.29, 0.717) is 17.9 Å². The maximum Gasteiger partial charge on any atom is 0.338 e. The van der Waals surface area contributed by atoms with Crippen LogP contribution >= 0.6 is 0 Å². The highest BCUT2D eigenvalue weighted by Gasteiger charge is 2.07. The molecule has 0 aliphatic rings. The van der Waals surface area contributed by atoms with E-state index in [-0.39, 0.29) is 5.97 Å². The molecule has 2 rings (SSSR count). The molecule has 4 nitrogen and oxygen atoms in total. The van der Waals surface area contributed by atoms with Crippen molar-refractivity contribution < 1.29 is 19.1 Å². The average molecular weight is 324 g/mol. The molecular formula is C20H20O4. The van der Waals surface area contributed by atoms with Gasteiger partial charge in [0, 0.05) is 6.08 Å². The third-order valence-corrected chi connectivity index (χ3v) is 3.25. The van der Waals surface area contributed by atoms with Crippen LogP contribution in [0.4, 0.5) is 0 Å². The van der Waals surface area contributed by atoms with Gasteiger partial charge in [-0.15, -0.1) is 0 Å². The largest absolute Gasteiger partial charge is 0.462 e. The Morgan fingerprint density at radius 2 is 1.71 bits per heavy atom.